The fourth-order valence-electron chi connectivity index (χ4n) is 8.07. The Kier molecular flexibility index (Phi) is 20.6. The minimum Gasteiger partial charge on any atom is -0.480 e. The first-order chi connectivity index (χ1) is 39.0. The summed E-state index contributed by atoms with van der Waals surface area (Å²) in [4.78, 5) is 88.0. The van der Waals surface area contributed by atoms with E-state index in [2.05, 4.69) is 35.6 Å². The molecule has 4 amide bonds. The van der Waals surface area contributed by atoms with E-state index >= 15 is 0 Å². The average molecular weight is 1210 g/mol. The molecule has 0 aliphatic carbocycles. The Morgan fingerprint density at radius 2 is 1.63 bits per heavy atom. The van der Waals surface area contributed by atoms with E-state index in [0.29, 0.717) is 33.4 Å². The van der Waals surface area contributed by atoms with Crippen molar-refractivity contribution in [3.8, 4) is 34.2 Å². The van der Waals surface area contributed by atoms with Crippen molar-refractivity contribution in [2.45, 2.75) is 68.3 Å². The van der Waals surface area contributed by atoms with E-state index in [1.807, 2.05) is 36.4 Å². The second-order valence-electron chi connectivity index (χ2n) is 18.0. The lowest BCUT2D eigenvalue weighted by atomic mass is 9.96. The number of carboxylic acid groups (broad SMARTS) is 1. The number of pyridine rings is 3. The van der Waals surface area contributed by atoms with Gasteiger partial charge >= 0.3 is 12.1 Å². The topological polar surface area (TPSA) is 298 Å². The van der Waals surface area contributed by atoms with E-state index in [1.54, 1.807) is 24.4 Å². The minimum absolute atomic E-state index is 0.0816. The number of sulfonamides is 1. The number of carbonyl (C=O) groups excluding carboxylic acids is 5. The second kappa shape index (κ2) is 27.5. The summed E-state index contributed by atoms with van der Waals surface area (Å²) >= 11 is 6.15. The highest BCUT2D eigenvalue weighted by molar-refractivity contribution is 8.76. The number of amides is 4. The smallest absolute Gasteiger partial charge is 0.480 e. The molecule has 0 saturated carbocycles. The van der Waals surface area contributed by atoms with Gasteiger partial charge < -0.3 is 40.2 Å². The Labute approximate surface area is 478 Å². The van der Waals surface area contributed by atoms with Gasteiger partial charge in [0.1, 0.15) is 53.6 Å². The third-order valence-corrected chi connectivity index (χ3v) is 16.2. The lowest BCUT2D eigenvalue weighted by Crippen LogP contribution is -2.48. The van der Waals surface area contributed by atoms with Gasteiger partial charge in [-0.05, 0) is 65.2 Å². The van der Waals surface area contributed by atoms with Crippen LogP contribution in [0.3, 0.4) is 0 Å². The molecule has 3 aromatic carbocycles. The van der Waals surface area contributed by atoms with Crippen LogP contribution in [0, 0.1) is 23.0 Å². The van der Waals surface area contributed by atoms with Gasteiger partial charge in [0.2, 0.25) is 23.6 Å². The van der Waals surface area contributed by atoms with E-state index in [-0.39, 0.29) is 72.0 Å². The molecule has 3 aromatic heterocycles. The van der Waals surface area contributed by atoms with Crippen molar-refractivity contribution in [3.63, 3.8) is 0 Å². The number of rotatable bonds is 24. The van der Waals surface area contributed by atoms with Crippen molar-refractivity contribution >= 4 is 95.4 Å². The molecular formula is C53H48ClF4N9O12S3. The predicted octanol–water partition coefficient (Wildman–Crippen LogP) is 7.68. The van der Waals surface area contributed by atoms with Crippen LogP contribution >= 0.6 is 33.2 Å². The number of carbonyl (C=O) groups is 6. The van der Waals surface area contributed by atoms with E-state index in [1.165, 1.54) is 43.2 Å². The number of hydrogen-bond donors (Lipinski definition) is 5. The molecule has 3 unspecified atom stereocenters. The molecule has 3 atom stereocenters. The Morgan fingerprint density at radius 1 is 0.890 bits per heavy atom. The van der Waals surface area contributed by atoms with E-state index in [9.17, 15) is 65.1 Å². The number of hydrogen-bond acceptors (Lipinski definition) is 17. The molecule has 0 radical (unpaired) electrons. The number of aromatic nitrogens is 3. The fraction of sp³-hybridized carbons (Fsp3) is 0.283. The molecule has 7 rings (SSSR count). The standard InChI is InChI=1S/C53H48ClF4N9O12S3/c1-29(50(71)67-28-53(57,58)20-37(67)21-59)64-48(70)40-19-36(61-25-41(40)54)24-62-46(68)12-13-47(69)65-44(51(72)73)27-81-80-15-14-78-52(74)79-26-35-10-8-32(22-60-35)38-5-3-4-30-6-7-31(16-39(30)38)33-17-43(49(77-2)63-23-33)66-82(75,76)45-11-9-34(55)18-42(45)56/h3-11,16-19,22-23,25,29,37,44,66H,12-15,20,24,26-28H2,1-2H3,(H,62,68)(H,64,70)(H,65,69)(H,72,73). The molecule has 430 valence electrons. The number of anilines is 1. The van der Waals surface area contributed by atoms with Crippen LogP contribution < -0.4 is 25.4 Å². The number of aliphatic carboxylic acids is 1. The van der Waals surface area contributed by atoms with Crippen LogP contribution in [-0.2, 0) is 51.8 Å². The Bertz CT molecular complexity index is 3570. The van der Waals surface area contributed by atoms with Gasteiger partial charge in [0.25, 0.3) is 21.9 Å². The van der Waals surface area contributed by atoms with Gasteiger partial charge in [0, 0.05) is 66.6 Å². The quantitative estimate of drug-likeness (QED) is 0.0168. The van der Waals surface area contributed by atoms with Gasteiger partial charge in [0.15, 0.2) is 0 Å². The van der Waals surface area contributed by atoms with Crippen molar-refractivity contribution in [1.29, 1.82) is 5.26 Å². The maximum Gasteiger partial charge on any atom is 0.508 e. The summed E-state index contributed by atoms with van der Waals surface area (Å²) in [5.74, 6) is -9.82. The van der Waals surface area contributed by atoms with Gasteiger partial charge in [-0.1, -0.05) is 69.6 Å². The molecule has 6 aromatic rings. The van der Waals surface area contributed by atoms with E-state index in [4.69, 9.17) is 25.8 Å². The Balaban J connectivity index is 0.808. The highest BCUT2D eigenvalue weighted by atomic mass is 35.5. The first kappa shape index (κ1) is 61.4. The zero-order chi connectivity index (χ0) is 59.3. The SMILES string of the molecule is COc1ncc(-c2ccc3cccc(-c4ccc(COC(=O)OCCSSCC(NC(=O)CCC(=O)NCc5cc(C(=O)NC(C)C(=O)N6CC(F)(F)CC6C#N)c(Cl)cn5)C(=O)O)nc4)c3c2)cc1NS(=O)(=O)c1ccc(F)cc1F. The van der Waals surface area contributed by atoms with Crippen LogP contribution in [0.5, 0.6) is 5.88 Å². The molecule has 1 saturated heterocycles. The van der Waals surface area contributed by atoms with Crippen LogP contribution in [0.25, 0.3) is 33.0 Å². The number of carboxylic acids is 1. The van der Waals surface area contributed by atoms with Crippen molar-refractivity contribution in [1.82, 2.24) is 35.8 Å². The van der Waals surface area contributed by atoms with Gasteiger partial charge in [-0.15, -0.1) is 0 Å². The normalized spacial score (nSPS) is 14.4. The summed E-state index contributed by atoms with van der Waals surface area (Å²) < 4.78 is 99.9. The molecule has 1 aliphatic rings. The molecule has 0 bridgehead atoms. The first-order valence-corrected chi connectivity index (χ1v) is 28.8. The van der Waals surface area contributed by atoms with Crippen LogP contribution in [0.1, 0.15) is 47.9 Å². The molecule has 1 fully saturated rings. The number of nitriles is 1. The number of ether oxygens (including phenoxy) is 3. The van der Waals surface area contributed by atoms with Crippen LogP contribution in [0.4, 0.5) is 28.0 Å². The van der Waals surface area contributed by atoms with Gasteiger partial charge in [0.05, 0.1) is 48.2 Å². The fourth-order valence-corrected chi connectivity index (χ4v) is 11.3. The number of halogens is 5. The zero-order valence-corrected chi connectivity index (χ0v) is 46.3. The average Bonchev–Trinajstić information content (AvgIpc) is 3.81. The first-order valence-electron chi connectivity index (χ1n) is 24.4. The highest BCUT2D eigenvalue weighted by Crippen LogP contribution is 2.36. The van der Waals surface area contributed by atoms with Gasteiger partial charge in [-0.3, -0.25) is 33.9 Å². The maximum atomic E-state index is 14.5. The second-order valence-corrected chi connectivity index (χ2v) is 22.7. The zero-order valence-electron chi connectivity index (χ0n) is 43.1. The highest BCUT2D eigenvalue weighted by Gasteiger charge is 2.48. The molecule has 21 nitrogen and oxygen atoms in total. The summed E-state index contributed by atoms with van der Waals surface area (Å²) in [6, 6.07) is 17.1. The van der Waals surface area contributed by atoms with Crippen molar-refractivity contribution in [3.05, 3.63) is 131 Å². The van der Waals surface area contributed by atoms with Gasteiger partial charge in [-0.25, -0.2) is 40.6 Å². The maximum absolute atomic E-state index is 14.5. The minimum atomic E-state index is -4.52. The number of methoxy groups -OCH3 is 1. The molecule has 4 heterocycles. The Morgan fingerprint density at radius 3 is 2.35 bits per heavy atom. The number of fused-ring (bicyclic) bond motifs is 1. The molecular weight excluding hydrogens is 1160 g/mol. The molecule has 1 aliphatic heterocycles. The number of alkyl halides is 2. The number of nitrogens with zero attached hydrogens (tertiary/aromatic N) is 5. The van der Waals surface area contributed by atoms with Crippen LogP contribution in [0.15, 0.2) is 102 Å². The lowest BCUT2D eigenvalue weighted by Gasteiger charge is -2.23. The molecule has 82 heavy (non-hydrogen) atoms. The number of likely N-dealkylation sites (tertiary alicyclic amines) is 1. The van der Waals surface area contributed by atoms with Crippen molar-refractivity contribution < 1.29 is 74.1 Å². The van der Waals surface area contributed by atoms with Crippen molar-refractivity contribution in [2.24, 2.45) is 0 Å². The summed E-state index contributed by atoms with van der Waals surface area (Å²) in [6.07, 6.45) is 1.68. The van der Waals surface area contributed by atoms with Gasteiger partial charge in [-0.2, -0.15) is 5.26 Å². The van der Waals surface area contributed by atoms with Crippen molar-refractivity contribution in [2.75, 3.05) is 36.5 Å². The summed E-state index contributed by atoms with van der Waals surface area (Å²) in [5.41, 5.74) is 2.96. The van der Waals surface area contributed by atoms with Crippen LogP contribution in [-0.4, -0.2) is 125 Å². The number of benzene rings is 3. The molecule has 0 spiro atoms. The van der Waals surface area contributed by atoms with Crippen LogP contribution in [0.2, 0.25) is 5.02 Å². The van der Waals surface area contributed by atoms with E-state index in [0.717, 1.165) is 45.5 Å². The predicted molar refractivity (Wildman–Crippen MR) is 293 cm³/mol. The lowest BCUT2D eigenvalue weighted by molar-refractivity contribution is -0.141. The largest absolute Gasteiger partial charge is 0.508 e. The summed E-state index contributed by atoms with van der Waals surface area (Å²) in [7, 11) is -0.979. The van der Waals surface area contributed by atoms with E-state index < -0.39 is 99.3 Å². The number of nitrogens with one attached hydrogen (secondary N) is 4. The summed E-state index contributed by atoms with van der Waals surface area (Å²) in [5, 5.41) is 27.7. The Hall–Kier alpha value is -8.26. The monoisotopic (exact) mass is 1210 g/mol. The summed E-state index contributed by atoms with van der Waals surface area (Å²) in [6.45, 7) is -0.244. The molecule has 5 N–H and O–H groups in total. The third kappa shape index (κ3) is 16.2. The third-order valence-electron chi connectivity index (χ3n) is 12.1. The molecule has 29 heteroatoms.